The molecule has 3 aliphatic rings. The molecule has 0 radical (unpaired) electrons. The Bertz CT molecular complexity index is 1180. The maximum absolute atomic E-state index is 12.7. The topological polar surface area (TPSA) is 107 Å². The Morgan fingerprint density at radius 2 is 1.93 bits per heavy atom. The maximum Gasteiger partial charge on any atom is 0.205 e. The minimum absolute atomic E-state index is 0.00397. The average molecular weight is 410 g/mol. The van der Waals surface area contributed by atoms with Gasteiger partial charge >= 0.3 is 0 Å². The molecule has 0 bridgehead atoms. The zero-order valence-corrected chi connectivity index (χ0v) is 16.1. The number of rotatable bonds is 1. The van der Waals surface area contributed by atoms with Crippen molar-refractivity contribution in [1.29, 1.82) is 5.26 Å². The number of benzene rings is 1. The Morgan fingerprint density at radius 1 is 1.17 bits per heavy atom. The van der Waals surface area contributed by atoms with Gasteiger partial charge in [-0.05, 0) is 18.6 Å². The van der Waals surface area contributed by atoms with Crippen LogP contribution in [0.3, 0.4) is 0 Å². The molecule has 2 N–H and O–H groups in total. The molecule has 1 aromatic heterocycles. The van der Waals surface area contributed by atoms with E-state index in [1.807, 2.05) is 12.1 Å². The van der Waals surface area contributed by atoms with E-state index in [2.05, 4.69) is 11.1 Å². The van der Waals surface area contributed by atoms with Crippen molar-refractivity contribution in [2.45, 2.75) is 25.2 Å². The lowest BCUT2D eigenvalue weighted by Crippen LogP contribution is -2.27. The van der Waals surface area contributed by atoms with Gasteiger partial charge in [-0.2, -0.15) is 5.26 Å². The fourth-order valence-corrected chi connectivity index (χ4v) is 4.33. The van der Waals surface area contributed by atoms with Crippen molar-refractivity contribution in [2.75, 3.05) is 13.2 Å². The van der Waals surface area contributed by atoms with Gasteiger partial charge in [-0.25, -0.2) is 4.98 Å². The van der Waals surface area contributed by atoms with Gasteiger partial charge in [0, 0.05) is 35.4 Å². The summed E-state index contributed by atoms with van der Waals surface area (Å²) in [5.74, 6) is 0.991. The highest BCUT2D eigenvalue weighted by atomic mass is 35.5. The summed E-state index contributed by atoms with van der Waals surface area (Å²) in [4.78, 5) is 17.2. The molecule has 29 heavy (non-hydrogen) atoms. The molecule has 0 amide bonds. The number of Topliss-reactive ketones (excluding diaryl/α,β-unsaturated/α-hetero) is 1. The molecule has 5 rings (SSSR count). The summed E-state index contributed by atoms with van der Waals surface area (Å²) in [6, 6.07) is 7.52. The Hall–Kier alpha value is -3.24. The van der Waals surface area contributed by atoms with Crippen LogP contribution < -0.4 is 15.2 Å². The average Bonchev–Trinajstić information content (AvgIpc) is 2.71. The smallest absolute Gasteiger partial charge is 0.205 e. The van der Waals surface area contributed by atoms with E-state index in [1.165, 1.54) is 0 Å². The number of halogens is 1. The molecular weight excluding hydrogens is 394 g/mol. The zero-order valence-electron chi connectivity index (χ0n) is 15.3. The third-order valence-corrected chi connectivity index (χ3v) is 5.68. The highest BCUT2D eigenvalue weighted by molar-refractivity contribution is 6.31. The van der Waals surface area contributed by atoms with Gasteiger partial charge in [0.05, 0.1) is 11.4 Å². The summed E-state index contributed by atoms with van der Waals surface area (Å²) >= 11 is 6.54. The lowest BCUT2D eigenvalue weighted by molar-refractivity contribution is -0.116. The molecule has 8 heteroatoms. The molecule has 1 aromatic carbocycles. The predicted octanol–water partition coefficient (Wildman–Crippen LogP) is 3.47. The van der Waals surface area contributed by atoms with E-state index < -0.39 is 5.92 Å². The number of ether oxygens (including phenoxy) is 3. The lowest BCUT2D eigenvalue weighted by Gasteiger charge is -2.31. The first-order chi connectivity index (χ1) is 14.1. The molecule has 0 saturated carbocycles. The monoisotopic (exact) mass is 409 g/mol. The van der Waals surface area contributed by atoms with Crippen LogP contribution >= 0.6 is 11.6 Å². The Morgan fingerprint density at radius 3 is 2.69 bits per heavy atom. The van der Waals surface area contributed by atoms with E-state index >= 15 is 0 Å². The normalized spacial score (nSPS) is 21.0. The third kappa shape index (κ3) is 2.79. The quantitative estimate of drug-likeness (QED) is 0.718. The molecule has 0 fully saturated rings. The van der Waals surface area contributed by atoms with E-state index in [0.717, 1.165) is 5.39 Å². The SMILES string of the molecule is N#CC1=C(N)OC2=C(C(=O)CCC2)[C@H]1c1cc2cc3c(cc2nc1Cl)OCCO3. The van der Waals surface area contributed by atoms with Crippen LogP contribution in [0.4, 0.5) is 0 Å². The standard InChI is InChI=1S/C21H16ClN3O4/c22-20-11(6-10-7-16-17(8-13(10)25-20)28-5-4-27-16)18-12(9-23)21(24)29-15-3-1-2-14(26)19(15)18/h6-8,18H,1-5,24H2/t18-/m0/s1. The Balaban J connectivity index is 1.72. The number of aromatic nitrogens is 1. The van der Waals surface area contributed by atoms with Crippen molar-refractivity contribution in [2.24, 2.45) is 5.73 Å². The summed E-state index contributed by atoms with van der Waals surface area (Å²) in [6.45, 7) is 0.940. The number of carbonyl (C=O) groups excluding carboxylic acids is 1. The number of pyridine rings is 1. The van der Waals surface area contributed by atoms with Gasteiger partial charge in [0.2, 0.25) is 5.88 Å². The van der Waals surface area contributed by atoms with Crippen molar-refractivity contribution >= 4 is 28.3 Å². The fourth-order valence-electron chi connectivity index (χ4n) is 4.07. The number of hydrogen-bond acceptors (Lipinski definition) is 7. The first kappa shape index (κ1) is 17.8. The number of hydrogen-bond donors (Lipinski definition) is 1. The first-order valence-electron chi connectivity index (χ1n) is 9.30. The zero-order chi connectivity index (χ0) is 20.1. The van der Waals surface area contributed by atoms with Gasteiger partial charge in [0.25, 0.3) is 0 Å². The van der Waals surface area contributed by atoms with Crippen LogP contribution in [0.15, 0.2) is 41.0 Å². The number of nitrogens with two attached hydrogens (primary N) is 1. The fraction of sp³-hybridized carbons (Fsp3) is 0.286. The summed E-state index contributed by atoms with van der Waals surface area (Å²) < 4.78 is 16.9. The largest absolute Gasteiger partial charge is 0.486 e. The molecule has 3 heterocycles. The Labute approximate surface area is 171 Å². The minimum atomic E-state index is -0.700. The van der Waals surface area contributed by atoms with E-state index in [-0.39, 0.29) is 22.4 Å². The summed E-state index contributed by atoms with van der Waals surface area (Å²) in [5.41, 5.74) is 7.80. The van der Waals surface area contributed by atoms with Crippen LogP contribution in [-0.4, -0.2) is 24.0 Å². The van der Waals surface area contributed by atoms with E-state index in [4.69, 9.17) is 31.5 Å². The van der Waals surface area contributed by atoms with Gasteiger partial charge in [-0.15, -0.1) is 0 Å². The molecule has 0 saturated heterocycles. The van der Waals surface area contributed by atoms with Crippen LogP contribution in [0.25, 0.3) is 10.9 Å². The predicted molar refractivity (Wildman–Crippen MR) is 104 cm³/mol. The Kier molecular flexibility index (Phi) is 4.10. The van der Waals surface area contributed by atoms with E-state index in [0.29, 0.717) is 66.4 Å². The van der Waals surface area contributed by atoms with Crippen LogP contribution in [0.1, 0.15) is 30.7 Å². The number of nitriles is 1. The van der Waals surface area contributed by atoms with E-state index in [1.54, 1.807) is 6.07 Å². The second-order valence-electron chi connectivity index (χ2n) is 7.10. The van der Waals surface area contributed by atoms with Crippen molar-refractivity contribution in [3.63, 3.8) is 0 Å². The second-order valence-corrected chi connectivity index (χ2v) is 7.45. The first-order valence-corrected chi connectivity index (χ1v) is 9.68. The molecule has 7 nitrogen and oxygen atoms in total. The van der Waals surface area contributed by atoms with Crippen molar-refractivity contribution < 1.29 is 19.0 Å². The van der Waals surface area contributed by atoms with Crippen LogP contribution in [0, 0.1) is 11.3 Å². The second kappa shape index (κ2) is 6.68. The molecule has 0 unspecified atom stereocenters. The molecule has 1 atom stereocenters. The van der Waals surface area contributed by atoms with Crippen LogP contribution in [0.5, 0.6) is 11.5 Å². The summed E-state index contributed by atoms with van der Waals surface area (Å²) in [5, 5.41) is 10.7. The lowest BCUT2D eigenvalue weighted by atomic mass is 9.78. The number of nitrogens with zero attached hydrogens (tertiary/aromatic N) is 2. The van der Waals surface area contributed by atoms with E-state index in [9.17, 15) is 10.1 Å². The molecular formula is C21H16ClN3O4. The van der Waals surface area contributed by atoms with Gasteiger partial charge in [-0.1, -0.05) is 11.6 Å². The van der Waals surface area contributed by atoms with Gasteiger partial charge in [-0.3, -0.25) is 4.79 Å². The van der Waals surface area contributed by atoms with Crippen molar-refractivity contribution in [1.82, 2.24) is 4.98 Å². The summed E-state index contributed by atoms with van der Waals surface area (Å²) in [7, 11) is 0. The molecule has 0 spiro atoms. The maximum atomic E-state index is 12.7. The van der Waals surface area contributed by atoms with Gasteiger partial charge in [0.1, 0.15) is 35.8 Å². The number of fused-ring (bicyclic) bond motifs is 2. The number of carbonyl (C=O) groups is 1. The molecule has 2 aromatic rings. The van der Waals surface area contributed by atoms with Crippen LogP contribution in [-0.2, 0) is 9.53 Å². The number of ketones is 1. The third-order valence-electron chi connectivity index (χ3n) is 5.38. The highest BCUT2D eigenvalue weighted by Gasteiger charge is 2.39. The molecule has 146 valence electrons. The minimum Gasteiger partial charge on any atom is -0.486 e. The van der Waals surface area contributed by atoms with Crippen LogP contribution in [0.2, 0.25) is 5.15 Å². The number of allylic oxidation sites excluding steroid dienone is 3. The molecule has 1 aliphatic carbocycles. The van der Waals surface area contributed by atoms with Gasteiger partial charge < -0.3 is 19.9 Å². The molecule has 2 aliphatic heterocycles. The van der Waals surface area contributed by atoms with Crippen molar-refractivity contribution in [3.05, 3.63) is 51.7 Å². The van der Waals surface area contributed by atoms with Gasteiger partial charge in [0.15, 0.2) is 17.3 Å². The highest BCUT2D eigenvalue weighted by Crippen LogP contribution is 2.46. The van der Waals surface area contributed by atoms with Crippen molar-refractivity contribution in [3.8, 4) is 17.6 Å². The summed E-state index contributed by atoms with van der Waals surface area (Å²) in [6.07, 6.45) is 1.68.